The summed E-state index contributed by atoms with van der Waals surface area (Å²) >= 11 is 0. The van der Waals surface area contributed by atoms with Crippen LogP contribution in [0.15, 0.2) is 48.5 Å². The Labute approximate surface area is 157 Å². The molecule has 4 rings (SSSR count). The Bertz CT molecular complexity index is 982. The number of hydrogen-bond acceptors (Lipinski definition) is 4. The van der Waals surface area contributed by atoms with Crippen molar-refractivity contribution in [2.24, 2.45) is 0 Å². The summed E-state index contributed by atoms with van der Waals surface area (Å²) < 4.78 is 1.79. The molecule has 138 valence electrons. The molecule has 0 aliphatic carbocycles. The molecule has 27 heavy (non-hydrogen) atoms. The molecule has 1 fully saturated rings. The maximum atomic E-state index is 13.0. The van der Waals surface area contributed by atoms with Gasteiger partial charge < -0.3 is 10.2 Å². The van der Waals surface area contributed by atoms with E-state index in [0.29, 0.717) is 24.0 Å². The number of anilines is 1. The number of carbonyl (C=O) groups excluding carboxylic acids is 2. The Morgan fingerprint density at radius 3 is 2.78 bits per heavy atom. The van der Waals surface area contributed by atoms with Crippen LogP contribution >= 0.6 is 0 Å². The molecule has 2 amide bonds. The molecule has 1 N–H and O–H groups in total. The molecule has 0 saturated carbocycles. The summed E-state index contributed by atoms with van der Waals surface area (Å²) in [5.74, 6) is -0.293. The fourth-order valence-electron chi connectivity index (χ4n) is 3.53. The van der Waals surface area contributed by atoms with Crippen LogP contribution in [-0.4, -0.2) is 44.3 Å². The van der Waals surface area contributed by atoms with Crippen LogP contribution in [0.2, 0.25) is 0 Å². The number of nitrogens with zero attached hydrogens (tertiary/aromatic N) is 4. The average molecular weight is 363 g/mol. The normalized spacial score (nSPS) is 16.6. The van der Waals surface area contributed by atoms with Crippen molar-refractivity contribution < 1.29 is 9.59 Å². The molecule has 7 nitrogen and oxygen atoms in total. The Hall–Kier alpha value is -3.22. The second-order valence-electron chi connectivity index (χ2n) is 6.62. The Morgan fingerprint density at radius 2 is 2.00 bits per heavy atom. The number of para-hydroxylation sites is 1. The lowest BCUT2D eigenvalue weighted by atomic mass is 10.1. The Balaban J connectivity index is 1.54. The van der Waals surface area contributed by atoms with Gasteiger partial charge in [-0.25, -0.2) is 4.68 Å². The fourth-order valence-corrected chi connectivity index (χ4v) is 3.53. The SMILES string of the molecule is CCn1nnc2cc(C(=O)N3CCC[C@H]3C(=O)Nc3ccccc3)ccc21. The Morgan fingerprint density at radius 1 is 1.19 bits per heavy atom. The number of carbonyl (C=O) groups is 2. The van der Waals surface area contributed by atoms with Crippen molar-refractivity contribution in [2.75, 3.05) is 11.9 Å². The van der Waals surface area contributed by atoms with E-state index in [0.717, 1.165) is 24.2 Å². The highest BCUT2D eigenvalue weighted by molar-refractivity contribution is 6.02. The maximum absolute atomic E-state index is 13.0. The number of rotatable bonds is 4. The maximum Gasteiger partial charge on any atom is 0.254 e. The van der Waals surface area contributed by atoms with Crippen molar-refractivity contribution in [2.45, 2.75) is 32.4 Å². The molecule has 0 spiro atoms. The van der Waals surface area contributed by atoms with Gasteiger partial charge in [-0.15, -0.1) is 5.10 Å². The predicted molar refractivity (Wildman–Crippen MR) is 102 cm³/mol. The van der Waals surface area contributed by atoms with Crippen LogP contribution in [0.4, 0.5) is 5.69 Å². The average Bonchev–Trinajstić information content (AvgIpc) is 3.34. The van der Waals surface area contributed by atoms with Crippen LogP contribution in [0.1, 0.15) is 30.1 Å². The van der Waals surface area contributed by atoms with Gasteiger partial charge in [0.15, 0.2) is 0 Å². The largest absolute Gasteiger partial charge is 0.327 e. The highest BCUT2D eigenvalue weighted by Gasteiger charge is 2.34. The van der Waals surface area contributed by atoms with Gasteiger partial charge in [-0.05, 0) is 50.1 Å². The minimum atomic E-state index is -0.459. The van der Waals surface area contributed by atoms with E-state index in [1.165, 1.54) is 0 Å². The zero-order valence-corrected chi connectivity index (χ0v) is 15.1. The van der Waals surface area contributed by atoms with Crippen molar-refractivity contribution in [3.05, 3.63) is 54.1 Å². The topological polar surface area (TPSA) is 80.1 Å². The number of nitrogens with one attached hydrogen (secondary N) is 1. The number of hydrogen-bond donors (Lipinski definition) is 1. The first-order valence-corrected chi connectivity index (χ1v) is 9.17. The van der Waals surface area contributed by atoms with E-state index in [9.17, 15) is 9.59 Å². The number of amides is 2. The molecule has 1 atom stereocenters. The van der Waals surface area contributed by atoms with Gasteiger partial charge in [0, 0.05) is 24.3 Å². The van der Waals surface area contributed by atoms with E-state index >= 15 is 0 Å². The van der Waals surface area contributed by atoms with Crippen molar-refractivity contribution in [3.63, 3.8) is 0 Å². The lowest BCUT2D eigenvalue weighted by molar-refractivity contribution is -0.119. The lowest BCUT2D eigenvalue weighted by Crippen LogP contribution is -2.43. The second-order valence-corrected chi connectivity index (χ2v) is 6.62. The minimum absolute atomic E-state index is 0.145. The summed E-state index contributed by atoms with van der Waals surface area (Å²) in [6.45, 7) is 3.29. The monoisotopic (exact) mass is 363 g/mol. The van der Waals surface area contributed by atoms with Gasteiger partial charge in [0.25, 0.3) is 5.91 Å². The number of benzene rings is 2. The summed E-state index contributed by atoms with van der Waals surface area (Å²) in [5.41, 5.74) is 2.85. The third-order valence-corrected chi connectivity index (χ3v) is 4.92. The van der Waals surface area contributed by atoms with Crippen LogP contribution in [0, 0.1) is 0 Å². The standard InChI is InChI=1S/C20H21N5O2/c1-2-25-17-11-10-14(13-16(17)22-23-25)20(27)24-12-6-9-18(24)19(26)21-15-7-4-3-5-8-15/h3-5,7-8,10-11,13,18H,2,6,9,12H2,1H3,(H,21,26)/t18-/m0/s1. The van der Waals surface area contributed by atoms with Gasteiger partial charge in [0.1, 0.15) is 11.6 Å². The van der Waals surface area contributed by atoms with Crippen LogP contribution in [-0.2, 0) is 11.3 Å². The lowest BCUT2D eigenvalue weighted by Gasteiger charge is -2.24. The van der Waals surface area contributed by atoms with Gasteiger partial charge in [-0.1, -0.05) is 23.4 Å². The van der Waals surface area contributed by atoms with Gasteiger partial charge in [0.05, 0.1) is 5.52 Å². The number of likely N-dealkylation sites (tertiary alicyclic amines) is 1. The minimum Gasteiger partial charge on any atom is -0.327 e. The van der Waals surface area contributed by atoms with E-state index in [4.69, 9.17) is 0 Å². The molecule has 1 aliphatic rings. The molecule has 1 aliphatic heterocycles. The fraction of sp³-hybridized carbons (Fsp3) is 0.300. The molecule has 0 radical (unpaired) electrons. The molecule has 2 heterocycles. The zero-order chi connectivity index (χ0) is 18.8. The zero-order valence-electron chi connectivity index (χ0n) is 15.1. The first kappa shape index (κ1) is 17.2. The van der Waals surface area contributed by atoms with E-state index in [-0.39, 0.29) is 11.8 Å². The first-order chi connectivity index (χ1) is 13.2. The second kappa shape index (κ2) is 7.19. The van der Waals surface area contributed by atoms with Crippen molar-refractivity contribution in [3.8, 4) is 0 Å². The quantitative estimate of drug-likeness (QED) is 0.773. The third-order valence-electron chi connectivity index (χ3n) is 4.92. The molecule has 0 bridgehead atoms. The number of fused-ring (bicyclic) bond motifs is 1. The highest BCUT2D eigenvalue weighted by atomic mass is 16.2. The predicted octanol–water partition coefficient (Wildman–Crippen LogP) is 2.69. The first-order valence-electron chi connectivity index (χ1n) is 9.17. The number of aryl methyl sites for hydroxylation is 1. The molecule has 0 unspecified atom stereocenters. The summed E-state index contributed by atoms with van der Waals surface area (Å²) in [6.07, 6.45) is 1.48. The smallest absolute Gasteiger partial charge is 0.254 e. The van der Waals surface area contributed by atoms with E-state index < -0.39 is 6.04 Å². The van der Waals surface area contributed by atoms with E-state index in [1.807, 2.05) is 43.3 Å². The third kappa shape index (κ3) is 3.28. The van der Waals surface area contributed by atoms with E-state index in [2.05, 4.69) is 15.6 Å². The molecule has 1 saturated heterocycles. The summed E-state index contributed by atoms with van der Waals surface area (Å²) in [7, 11) is 0. The van der Waals surface area contributed by atoms with Crippen LogP contribution in [0.25, 0.3) is 11.0 Å². The molecular weight excluding hydrogens is 342 g/mol. The van der Waals surface area contributed by atoms with Crippen LogP contribution in [0.3, 0.4) is 0 Å². The molecular formula is C20H21N5O2. The van der Waals surface area contributed by atoms with Crippen LogP contribution < -0.4 is 5.32 Å². The van der Waals surface area contributed by atoms with Crippen molar-refractivity contribution in [1.29, 1.82) is 0 Å². The summed E-state index contributed by atoms with van der Waals surface area (Å²) in [4.78, 5) is 27.4. The van der Waals surface area contributed by atoms with Gasteiger partial charge in [-0.2, -0.15) is 0 Å². The molecule has 3 aromatic rings. The summed E-state index contributed by atoms with van der Waals surface area (Å²) in [6, 6.07) is 14.2. The highest BCUT2D eigenvalue weighted by Crippen LogP contribution is 2.23. The summed E-state index contributed by atoms with van der Waals surface area (Å²) in [5, 5.41) is 11.1. The van der Waals surface area contributed by atoms with Gasteiger partial charge in [0.2, 0.25) is 5.91 Å². The molecule has 7 heteroatoms. The van der Waals surface area contributed by atoms with Crippen molar-refractivity contribution in [1.82, 2.24) is 19.9 Å². The van der Waals surface area contributed by atoms with Crippen LogP contribution in [0.5, 0.6) is 0 Å². The Kier molecular flexibility index (Phi) is 4.58. The van der Waals surface area contributed by atoms with Gasteiger partial charge in [-0.3, -0.25) is 9.59 Å². The molecule has 1 aromatic heterocycles. The van der Waals surface area contributed by atoms with Gasteiger partial charge >= 0.3 is 0 Å². The molecule has 2 aromatic carbocycles. The van der Waals surface area contributed by atoms with Crippen molar-refractivity contribution >= 4 is 28.5 Å². The number of aromatic nitrogens is 3. The van der Waals surface area contributed by atoms with E-state index in [1.54, 1.807) is 21.7 Å².